The monoisotopic (exact) mass is 457 g/mol. The first-order chi connectivity index (χ1) is 16.6. The number of hydrogen-bond acceptors (Lipinski definition) is 4. The second-order valence-electron chi connectivity index (χ2n) is 8.55. The van der Waals surface area contributed by atoms with Gasteiger partial charge in [0.25, 0.3) is 5.91 Å². The molecular weight excluding hydrogens is 430 g/mol. The maximum atomic E-state index is 13.2. The van der Waals surface area contributed by atoms with E-state index in [1.165, 1.54) is 5.56 Å². The molecule has 0 bridgehead atoms. The highest BCUT2D eigenvalue weighted by Gasteiger charge is 2.27. The Bertz CT molecular complexity index is 1210. The van der Waals surface area contributed by atoms with Crippen LogP contribution >= 0.6 is 0 Å². The van der Waals surface area contributed by atoms with E-state index in [2.05, 4.69) is 24.4 Å². The van der Waals surface area contributed by atoms with Crippen LogP contribution in [0.4, 0.5) is 10.5 Å². The zero-order chi connectivity index (χ0) is 23.5. The minimum Gasteiger partial charge on any atom is -0.454 e. The number of anilines is 1. The van der Waals surface area contributed by atoms with E-state index in [0.29, 0.717) is 30.9 Å². The first-order valence-electron chi connectivity index (χ1n) is 11.5. The second kappa shape index (κ2) is 9.47. The molecule has 0 unspecified atom stereocenters. The summed E-state index contributed by atoms with van der Waals surface area (Å²) in [5.74, 6) is 1.24. The number of aryl methyl sites for hydroxylation is 1. The molecule has 0 atom stereocenters. The molecule has 174 valence electrons. The molecule has 5 rings (SSSR count). The maximum Gasteiger partial charge on any atom is 0.324 e. The summed E-state index contributed by atoms with van der Waals surface area (Å²) in [6.07, 6.45) is 0.898. The molecule has 7 heteroatoms. The van der Waals surface area contributed by atoms with E-state index in [1.807, 2.05) is 47.4 Å². The van der Waals surface area contributed by atoms with E-state index in [-0.39, 0.29) is 18.7 Å². The van der Waals surface area contributed by atoms with E-state index in [9.17, 15) is 9.59 Å². The number of benzene rings is 3. The van der Waals surface area contributed by atoms with E-state index in [1.54, 1.807) is 17.0 Å². The molecule has 1 fully saturated rings. The minimum atomic E-state index is -0.171. The van der Waals surface area contributed by atoms with Crippen LogP contribution in [0.3, 0.4) is 0 Å². The molecule has 0 saturated carbocycles. The van der Waals surface area contributed by atoms with Gasteiger partial charge in [0.2, 0.25) is 6.79 Å². The number of nitrogens with one attached hydrogen (secondary N) is 1. The zero-order valence-electron chi connectivity index (χ0n) is 19.1. The summed E-state index contributed by atoms with van der Waals surface area (Å²) in [6.45, 7) is 4.68. The SMILES string of the molecule is Cc1ccccc1CN1CCCN(c2ccc(C(=O)NCc3ccc4c(c3)OCO4)cc2)C1=O. The smallest absolute Gasteiger partial charge is 0.324 e. The van der Waals surface area contributed by atoms with Crippen LogP contribution in [0.5, 0.6) is 11.5 Å². The van der Waals surface area contributed by atoms with Crippen molar-refractivity contribution < 1.29 is 19.1 Å². The number of ether oxygens (including phenoxy) is 2. The van der Waals surface area contributed by atoms with Gasteiger partial charge in [-0.1, -0.05) is 30.3 Å². The highest BCUT2D eigenvalue weighted by Crippen LogP contribution is 2.32. The van der Waals surface area contributed by atoms with E-state index in [4.69, 9.17) is 9.47 Å². The number of urea groups is 1. The molecule has 0 radical (unpaired) electrons. The Balaban J connectivity index is 1.21. The van der Waals surface area contributed by atoms with Gasteiger partial charge in [-0.3, -0.25) is 9.69 Å². The lowest BCUT2D eigenvalue weighted by Crippen LogP contribution is -2.49. The van der Waals surface area contributed by atoms with Gasteiger partial charge in [-0.25, -0.2) is 4.79 Å². The van der Waals surface area contributed by atoms with Gasteiger partial charge < -0.3 is 19.7 Å². The third kappa shape index (κ3) is 4.55. The van der Waals surface area contributed by atoms with Crippen LogP contribution < -0.4 is 19.7 Å². The summed E-state index contributed by atoms with van der Waals surface area (Å²) >= 11 is 0. The zero-order valence-corrected chi connectivity index (χ0v) is 19.1. The molecule has 2 aliphatic rings. The highest BCUT2D eigenvalue weighted by atomic mass is 16.7. The lowest BCUT2D eigenvalue weighted by Gasteiger charge is -2.36. The maximum absolute atomic E-state index is 13.2. The van der Waals surface area contributed by atoms with Crippen LogP contribution in [0, 0.1) is 6.92 Å². The highest BCUT2D eigenvalue weighted by molar-refractivity contribution is 5.96. The predicted molar refractivity (Wildman–Crippen MR) is 129 cm³/mol. The van der Waals surface area contributed by atoms with Gasteiger partial charge in [0, 0.05) is 37.4 Å². The molecule has 34 heavy (non-hydrogen) atoms. The topological polar surface area (TPSA) is 71.1 Å². The second-order valence-corrected chi connectivity index (χ2v) is 8.55. The van der Waals surface area contributed by atoms with Crippen LogP contribution in [0.1, 0.15) is 33.5 Å². The van der Waals surface area contributed by atoms with Gasteiger partial charge in [-0.15, -0.1) is 0 Å². The molecule has 2 aliphatic heterocycles. The molecule has 1 N–H and O–H groups in total. The largest absolute Gasteiger partial charge is 0.454 e. The van der Waals surface area contributed by atoms with Crippen LogP contribution in [-0.2, 0) is 13.1 Å². The number of carbonyl (C=O) groups excluding carboxylic acids is 2. The molecule has 0 aliphatic carbocycles. The Morgan fingerprint density at radius 3 is 2.59 bits per heavy atom. The quantitative estimate of drug-likeness (QED) is 0.592. The summed E-state index contributed by atoms with van der Waals surface area (Å²) < 4.78 is 10.7. The Labute approximate surface area is 198 Å². The number of hydrogen-bond donors (Lipinski definition) is 1. The van der Waals surface area contributed by atoms with Crippen molar-refractivity contribution in [1.82, 2.24) is 10.2 Å². The van der Waals surface area contributed by atoms with Crippen LogP contribution in [-0.4, -0.2) is 36.7 Å². The summed E-state index contributed by atoms with van der Waals surface area (Å²) in [7, 11) is 0. The van der Waals surface area contributed by atoms with Crippen LogP contribution in [0.15, 0.2) is 66.7 Å². The Hall–Kier alpha value is -4.00. The average Bonchev–Trinajstić information content (AvgIpc) is 3.33. The van der Waals surface area contributed by atoms with E-state index >= 15 is 0 Å². The molecule has 3 aromatic carbocycles. The van der Waals surface area contributed by atoms with E-state index in [0.717, 1.165) is 35.5 Å². The third-order valence-electron chi connectivity index (χ3n) is 6.26. The molecular formula is C27H27N3O4. The molecule has 0 aromatic heterocycles. The van der Waals surface area contributed by atoms with Crippen LogP contribution in [0.25, 0.3) is 0 Å². The van der Waals surface area contributed by atoms with Crippen LogP contribution in [0.2, 0.25) is 0 Å². The van der Waals surface area contributed by atoms with Gasteiger partial charge >= 0.3 is 6.03 Å². The number of nitrogens with zero attached hydrogens (tertiary/aromatic N) is 2. The van der Waals surface area contributed by atoms with Crippen molar-refractivity contribution in [2.75, 3.05) is 24.8 Å². The number of rotatable bonds is 6. The normalized spacial score (nSPS) is 14.9. The fourth-order valence-electron chi connectivity index (χ4n) is 4.29. The summed E-state index contributed by atoms with van der Waals surface area (Å²) in [4.78, 5) is 29.5. The van der Waals surface area contributed by atoms with E-state index < -0.39 is 0 Å². The molecule has 0 spiro atoms. The molecule has 1 saturated heterocycles. The minimum absolute atomic E-state index is 0.00508. The fourth-order valence-corrected chi connectivity index (χ4v) is 4.29. The summed E-state index contributed by atoms with van der Waals surface area (Å²) in [5, 5.41) is 2.93. The predicted octanol–water partition coefficient (Wildman–Crippen LogP) is 4.49. The van der Waals surface area contributed by atoms with Gasteiger partial charge in [-0.05, 0) is 66.4 Å². The lowest BCUT2D eigenvalue weighted by molar-refractivity contribution is 0.0951. The van der Waals surface area contributed by atoms with Crippen molar-refractivity contribution in [1.29, 1.82) is 0 Å². The van der Waals surface area contributed by atoms with Gasteiger partial charge in [0.05, 0.1) is 0 Å². The van der Waals surface area contributed by atoms with Crippen molar-refractivity contribution in [2.24, 2.45) is 0 Å². The standard InChI is InChI=1S/C27H27N3O4/c1-19-5-2-3-6-22(19)17-29-13-4-14-30(27(29)32)23-10-8-21(9-11-23)26(31)28-16-20-7-12-24-25(15-20)34-18-33-24/h2-3,5-12,15H,4,13-14,16-18H2,1H3,(H,28,31). The third-order valence-corrected chi connectivity index (χ3v) is 6.26. The number of amides is 3. The lowest BCUT2D eigenvalue weighted by atomic mass is 10.1. The van der Waals surface area contributed by atoms with Crippen molar-refractivity contribution in [3.63, 3.8) is 0 Å². The molecule has 3 aromatic rings. The van der Waals surface area contributed by atoms with Crippen molar-refractivity contribution >= 4 is 17.6 Å². The Morgan fingerprint density at radius 1 is 0.971 bits per heavy atom. The van der Waals surface area contributed by atoms with Gasteiger partial charge in [0.15, 0.2) is 11.5 Å². The number of fused-ring (bicyclic) bond motifs is 1. The molecule has 7 nitrogen and oxygen atoms in total. The Morgan fingerprint density at radius 2 is 1.76 bits per heavy atom. The number of carbonyl (C=O) groups is 2. The first-order valence-corrected chi connectivity index (χ1v) is 11.5. The van der Waals surface area contributed by atoms with Crippen molar-refractivity contribution in [3.8, 4) is 11.5 Å². The van der Waals surface area contributed by atoms with Crippen molar-refractivity contribution in [2.45, 2.75) is 26.4 Å². The summed E-state index contributed by atoms with van der Waals surface area (Å²) in [5.41, 5.74) is 4.62. The fraction of sp³-hybridized carbons (Fsp3) is 0.259. The average molecular weight is 458 g/mol. The molecule has 3 amide bonds. The Kier molecular flexibility index (Phi) is 6.08. The van der Waals surface area contributed by atoms with Gasteiger partial charge in [0.1, 0.15) is 0 Å². The van der Waals surface area contributed by atoms with Gasteiger partial charge in [-0.2, -0.15) is 0 Å². The van der Waals surface area contributed by atoms with Crippen molar-refractivity contribution in [3.05, 3.63) is 89.0 Å². The first kappa shape index (κ1) is 21.8. The molecule has 2 heterocycles. The summed E-state index contributed by atoms with van der Waals surface area (Å²) in [6, 6.07) is 21.0.